The van der Waals surface area contributed by atoms with Gasteiger partial charge in [0.05, 0.1) is 19.8 Å². The maximum Gasteiger partial charge on any atom is 0.410 e. The molecular weight excluding hydrogens is 262 g/mol. The molecular formula is C14H25NO5. The Morgan fingerprint density at radius 2 is 1.90 bits per heavy atom. The molecule has 0 aromatic carbocycles. The van der Waals surface area contributed by atoms with Crippen molar-refractivity contribution in [3.8, 4) is 0 Å². The predicted octanol–water partition coefficient (Wildman–Crippen LogP) is 1.96. The minimum Gasteiger partial charge on any atom is -0.469 e. The van der Waals surface area contributed by atoms with Crippen LogP contribution in [0, 0.1) is 0 Å². The first-order valence-electron chi connectivity index (χ1n) is 6.86. The normalized spacial score (nSPS) is 22.8. The van der Waals surface area contributed by atoms with Gasteiger partial charge in [-0.15, -0.1) is 0 Å². The average Bonchev–Trinajstić information content (AvgIpc) is 2.77. The molecule has 2 atom stereocenters. The molecule has 0 aliphatic carbocycles. The number of hydrogen-bond donors (Lipinski definition) is 0. The van der Waals surface area contributed by atoms with Crippen molar-refractivity contribution in [2.24, 2.45) is 0 Å². The van der Waals surface area contributed by atoms with E-state index in [0.29, 0.717) is 19.4 Å². The Balaban J connectivity index is 2.64. The maximum absolute atomic E-state index is 12.2. The fraction of sp³-hybridized carbons (Fsp3) is 0.857. The Morgan fingerprint density at radius 1 is 1.25 bits per heavy atom. The first-order chi connectivity index (χ1) is 9.26. The highest BCUT2D eigenvalue weighted by Crippen LogP contribution is 2.26. The highest BCUT2D eigenvalue weighted by atomic mass is 16.6. The summed E-state index contributed by atoms with van der Waals surface area (Å²) in [5.41, 5.74) is -0.533. The molecule has 1 heterocycles. The van der Waals surface area contributed by atoms with Crippen molar-refractivity contribution in [1.29, 1.82) is 0 Å². The number of hydrogen-bond acceptors (Lipinski definition) is 5. The van der Waals surface area contributed by atoms with E-state index in [0.717, 1.165) is 0 Å². The summed E-state index contributed by atoms with van der Waals surface area (Å²) in [7, 11) is 2.99. The number of amides is 1. The van der Waals surface area contributed by atoms with E-state index in [4.69, 9.17) is 9.47 Å². The summed E-state index contributed by atoms with van der Waals surface area (Å²) in [5, 5.41) is 0. The lowest BCUT2D eigenvalue weighted by Gasteiger charge is -2.28. The van der Waals surface area contributed by atoms with Gasteiger partial charge >= 0.3 is 12.1 Å². The fourth-order valence-corrected chi connectivity index (χ4v) is 2.25. The summed E-state index contributed by atoms with van der Waals surface area (Å²) in [6, 6.07) is -0.0473. The molecule has 1 aliphatic heterocycles. The fourth-order valence-electron chi connectivity index (χ4n) is 2.25. The number of ether oxygens (including phenoxy) is 3. The Kier molecular flexibility index (Phi) is 5.80. The number of nitrogens with zero attached hydrogens (tertiary/aromatic N) is 1. The number of carbonyl (C=O) groups is 2. The first-order valence-corrected chi connectivity index (χ1v) is 6.86. The van der Waals surface area contributed by atoms with Crippen LogP contribution in [0.15, 0.2) is 0 Å². The molecule has 1 saturated heterocycles. The number of methoxy groups -OCH3 is 2. The van der Waals surface area contributed by atoms with Gasteiger partial charge in [-0.1, -0.05) is 0 Å². The molecule has 20 heavy (non-hydrogen) atoms. The van der Waals surface area contributed by atoms with Crippen LogP contribution in [0.25, 0.3) is 0 Å². The molecule has 0 bridgehead atoms. The third-order valence-electron chi connectivity index (χ3n) is 3.25. The molecule has 0 saturated carbocycles. The lowest BCUT2D eigenvalue weighted by Crippen LogP contribution is -2.40. The standard InChI is InChI=1S/C14H25NO5/c1-14(2,3)20-13(17)15-9-11(18-4)8-10(15)6-7-12(16)19-5/h10-11H,6-9H2,1-5H3/t10?,11-/m1/s1. The summed E-state index contributed by atoms with van der Waals surface area (Å²) < 4.78 is 15.3. The number of likely N-dealkylation sites (tertiary alicyclic amines) is 1. The largest absolute Gasteiger partial charge is 0.469 e. The highest BCUT2D eigenvalue weighted by Gasteiger charge is 2.37. The van der Waals surface area contributed by atoms with Gasteiger partial charge in [0, 0.05) is 19.6 Å². The van der Waals surface area contributed by atoms with Crippen LogP contribution in [0.1, 0.15) is 40.0 Å². The molecule has 0 N–H and O–H groups in total. The topological polar surface area (TPSA) is 65.1 Å². The minimum absolute atomic E-state index is 0.00911. The molecule has 1 fully saturated rings. The molecule has 6 nitrogen and oxygen atoms in total. The van der Waals surface area contributed by atoms with Gasteiger partial charge in [0.15, 0.2) is 0 Å². The van der Waals surface area contributed by atoms with Crippen molar-refractivity contribution < 1.29 is 23.8 Å². The van der Waals surface area contributed by atoms with E-state index in [9.17, 15) is 9.59 Å². The van der Waals surface area contributed by atoms with Crippen molar-refractivity contribution in [2.45, 2.75) is 57.8 Å². The summed E-state index contributed by atoms with van der Waals surface area (Å²) in [5.74, 6) is -0.269. The van der Waals surface area contributed by atoms with Crippen molar-refractivity contribution in [3.05, 3.63) is 0 Å². The van der Waals surface area contributed by atoms with Crippen molar-refractivity contribution in [3.63, 3.8) is 0 Å². The van der Waals surface area contributed by atoms with Crippen molar-refractivity contribution in [2.75, 3.05) is 20.8 Å². The van der Waals surface area contributed by atoms with E-state index in [1.54, 1.807) is 12.0 Å². The van der Waals surface area contributed by atoms with Gasteiger partial charge in [0.2, 0.25) is 0 Å². The quantitative estimate of drug-likeness (QED) is 0.740. The molecule has 0 radical (unpaired) electrons. The molecule has 116 valence electrons. The molecule has 1 amide bonds. The monoisotopic (exact) mass is 287 g/mol. The van der Waals surface area contributed by atoms with Gasteiger partial charge in [-0.05, 0) is 33.6 Å². The highest BCUT2D eigenvalue weighted by molar-refractivity contribution is 5.70. The Bertz CT molecular complexity index is 350. The van der Waals surface area contributed by atoms with Crippen molar-refractivity contribution >= 4 is 12.1 Å². The van der Waals surface area contributed by atoms with E-state index in [1.807, 2.05) is 20.8 Å². The van der Waals surface area contributed by atoms with Crippen LogP contribution in [0.5, 0.6) is 0 Å². The van der Waals surface area contributed by atoms with Gasteiger partial charge in [-0.2, -0.15) is 0 Å². The summed E-state index contributed by atoms with van der Waals surface area (Å²) >= 11 is 0. The molecule has 6 heteroatoms. The SMILES string of the molecule is COC(=O)CCC1C[C@@H](OC)CN1C(=O)OC(C)(C)C. The molecule has 0 aromatic heterocycles. The number of esters is 1. The van der Waals surface area contributed by atoms with E-state index in [2.05, 4.69) is 4.74 Å². The van der Waals surface area contributed by atoms with Gasteiger partial charge in [-0.3, -0.25) is 4.79 Å². The van der Waals surface area contributed by atoms with E-state index < -0.39 is 5.60 Å². The minimum atomic E-state index is -0.533. The zero-order valence-electron chi connectivity index (χ0n) is 13.0. The molecule has 0 aromatic rings. The lowest BCUT2D eigenvalue weighted by atomic mass is 10.1. The van der Waals surface area contributed by atoms with Crippen LogP contribution >= 0.6 is 0 Å². The second kappa shape index (κ2) is 6.92. The average molecular weight is 287 g/mol. The van der Waals surface area contributed by atoms with E-state index in [1.165, 1.54) is 7.11 Å². The first kappa shape index (κ1) is 16.8. The molecule has 0 spiro atoms. The van der Waals surface area contributed by atoms with Crippen molar-refractivity contribution in [1.82, 2.24) is 4.90 Å². The zero-order valence-corrected chi connectivity index (χ0v) is 13.0. The predicted molar refractivity (Wildman–Crippen MR) is 73.4 cm³/mol. The zero-order chi connectivity index (χ0) is 15.3. The lowest BCUT2D eigenvalue weighted by molar-refractivity contribution is -0.141. The third-order valence-corrected chi connectivity index (χ3v) is 3.25. The van der Waals surface area contributed by atoms with Crippen LogP contribution in [-0.2, 0) is 19.0 Å². The van der Waals surface area contributed by atoms with Gasteiger partial charge in [-0.25, -0.2) is 4.79 Å². The Labute approximate surface area is 120 Å². The second-order valence-corrected chi connectivity index (χ2v) is 5.99. The summed E-state index contributed by atoms with van der Waals surface area (Å²) in [6.07, 6.45) is 1.20. The van der Waals surface area contributed by atoms with Crippen LogP contribution in [0.2, 0.25) is 0 Å². The Hall–Kier alpha value is -1.30. The van der Waals surface area contributed by atoms with E-state index in [-0.39, 0.29) is 30.6 Å². The Morgan fingerprint density at radius 3 is 2.40 bits per heavy atom. The van der Waals surface area contributed by atoms with Crippen LogP contribution in [0.4, 0.5) is 4.79 Å². The van der Waals surface area contributed by atoms with Crippen LogP contribution in [-0.4, -0.2) is 55.5 Å². The second-order valence-electron chi connectivity index (χ2n) is 5.99. The summed E-state index contributed by atoms with van der Waals surface area (Å²) in [6.45, 7) is 5.99. The molecule has 1 aliphatic rings. The number of rotatable bonds is 4. The summed E-state index contributed by atoms with van der Waals surface area (Å²) in [4.78, 5) is 25.1. The van der Waals surface area contributed by atoms with Gasteiger partial charge in [0.1, 0.15) is 5.60 Å². The van der Waals surface area contributed by atoms with Crippen LogP contribution < -0.4 is 0 Å². The van der Waals surface area contributed by atoms with E-state index >= 15 is 0 Å². The molecule has 1 rings (SSSR count). The van der Waals surface area contributed by atoms with Crippen LogP contribution in [0.3, 0.4) is 0 Å². The molecule has 1 unspecified atom stereocenters. The number of carbonyl (C=O) groups excluding carboxylic acids is 2. The third kappa shape index (κ3) is 5.00. The smallest absolute Gasteiger partial charge is 0.410 e. The van der Waals surface area contributed by atoms with Gasteiger partial charge < -0.3 is 19.1 Å². The maximum atomic E-state index is 12.2. The van der Waals surface area contributed by atoms with Gasteiger partial charge in [0.25, 0.3) is 0 Å².